The minimum atomic E-state index is -7.62. The van der Waals surface area contributed by atoms with Gasteiger partial charge in [0.25, 0.3) is 11.8 Å². The van der Waals surface area contributed by atoms with Crippen LogP contribution in [0, 0.1) is 11.3 Å². The smallest absolute Gasteiger partial charge is 0.356 e. The second kappa shape index (κ2) is 10.8. The predicted molar refractivity (Wildman–Crippen MR) is 131 cm³/mol. The Hall–Kier alpha value is -4.06. The molecule has 0 bridgehead atoms. The maximum atomic E-state index is 14.2. The first-order chi connectivity index (χ1) is 20.5. The molecule has 10 nitrogen and oxygen atoms in total. The zero-order valence-corrected chi connectivity index (χ0v) is 23.5. The van der Waals surface area contributed by atoms with Crippen LogP contribution in [0.3, 0.4) is 0 Å². The zero-order valence-electron chi connectivity index (χ0n) is 21.9. The monoisotopic (exact) mass is 696 g/mol. The molecule has 0 radical (unpaired) electrons. The molecule has 0 unspecified atom stereocenters. The van der Waals surface area contributed by atoms with E-state index in [1.165, 1.54) is 18.2 Å². The number of aromatic nitrogens is 4. The van der Waals surface area contributed by atoms with Crippen molar-refractivity contribution in [2.45, 2.75) is 48.3 Å². The van der Waals surface area contributed by atoms with E-state index in [9.17, 15) is 57.1 Å². The summed E-state index contributed by atoms with van der Waals surface area (Å²) in [6.45, 7) is 0. The molecule has 2 aromatic heterocycles. The van der Waals surface area contributed by atoms with Crippen LogP contribution in [0.15, 0.2) is 30.6 Å². The van der Waals surface area contributed by atoms with Crippen molar-refractivity contribution in [2.75, 3.05) is 0 Å². The quantitative estimate of drug-likeness (QED) is 0.239. The Kier molecular flexibility index (Phi) is 8.11. The summed E-state index contributed by atoms with van der Waals surface area (Å²) >= 11 is 6.13. The van der Waals surface area contributed by atoms with Gasteiger partial charge in [0.1, 0.15) is 0 Å². The average Bonchev–Trinajstić information content (AvgIpc) is 3.31. The molecule has 4 rings (SSSR count). The van der Waals surface area contributed by atoms with Gasteiger partial charge in [-0.05, 0) is 30.5 Å². The fourth-order valence-corrected chi connectivity index (χ4v) is 5.30. The summed E-state index contributed by atoms with van der Waals surface area (Å²) in [5.74, 6) is -4.29. The Bertz CT molecular complexity index is 1790. The molecule has 1 aliphatic carbocycles. The number of nitriles is 1. The van der Waals surface area contributed by atoms with Gasteiger partial charge in [-0.2, -0.15) is 58.3 Å². The van der Waals surface area contributed by atoms with Crippen molar-refractivity contribution in [3.8, 4) is 28.9 Å². The lowest BCUT2D eigenvalue weighted by Gasteiger charge is -2.28. The number of hydrogen-bond acceptors (Lipinski definition) is 7. The Balaban J connectivity index is 1.75. The number of nitrogens with one attached hydrogen (secondary N) is 1. The van der Waals surface area contributed by atoms with Crippen LogP contribution in [0.5, 0.6) is 5.88 Å². The third kappa shape index (κ3) is 5.99. The molecular weight excluding hydrogens is 682 g/mol. The Morgan fingerprint density at radius 1 is 1.09 bits per heavy atom. The van der Waals surface area contributed by atoms with Gasteiger partial charge in [0.15, 0.2) is 11.4 Å². The molecule has 0 atom stereocenters. The maximum Gasteiger partial charge on any atom is 0.450 e. The van der Waals surface area contributed by atoms with Crippen LogP contribution >= 0.6 is 11.6 Å². The Morgan fingerprint density at radius 3 is 2.20 bits per heavy atom. The second-order valence-electron chi connectivity index (χ2n) is 9.69. The molecule has 0 aliphatic heterocycles. The number of nitrogens with zero attached hydrogens (tertiary/aromatic N) is 5. The first-order valence-corrected chi connectivity index (χ1v) is 13.7. The number of carbonyl (C=O) groups is 1. The van der Waals surface area contributed by atoms with E-state index in [0.717, 1.165) is 12.4 Å². The molecule has 22 heteroatoms. The lowest BCUT2D eigenvalue weighted by atomic mass is 10.0. The van der Waals surface area contributed by atoms with Crippen molar-refractivity contribution in [1.82, 2.24) is 24.9 Å². The molecular formula is C23H15ClF10N6O4S. The molecule has 2 heterocycles. The van der Waals surface area contributed by atoms with Crippen molar-refractivity contribution in [3.63, 3.8) is 0 Å². The fourth-order valence-electron chi connectivity index (χ4n) is 4.09. The minimum absolute atomic E-state index is 0.0137. The van der Waals surface area contributed by atoms with Gasteiger partial charge >= 0.3 is 33.6 Å². The van der Waals surface area contributed by atoms with Gasteiger partial charge in [0.05, 0.1) is 34.8 Å². The van der Waals surface area contributed by atoms with E-state index in [2.05, 4.69) is 19.7 Å². The van der Waals surface area contributed by atoms with Crippen LogP contribution in [0.25, 0.3) is 16.9 Å². The first kappa shape index (κ1) is 33.8. The Morgan fingerprint density at radius 2 is 1.69 bits per heavy atom. The average molecular weight is 697 g/mol. The lowest BCUT2D eigenvalue weighted by Crippen LogP contribution is -2.60. The van der Waals surface area contributed by atoms with Gasteiger partial charge in [-0.25, -0.2) is 13.8 Å². The highest BCUT2D eigenvalue weighted by molar-refractivity contribution is 7.88. The van der Waals surface area contributed by atoms with Crippen LogP contribution < -0.4 is 9.50 Å². The maximum absolute atomic E-state index is 14.2. The van der Waals surface area contributed by atoms with Crippen LogP contribution in [0.4, 0.5) is 43.9 Å². The van der Waals surface area contributed by atoms with E-state index in [4.69, 9.17) is 16.9 Å². The molecule has 1 fully saturated rings. The zero-order chi connectivity index (χ0) is 34.0. The topological polar surface area (TPSA) is 132 Å². The molecule has 45 heavy (non-hydrogen) atoms. The van der Waals surface area contributed by atoms with Gasteiger partial charge in [-0.15, -0.1) is 5.10 Å². The molecule has 244 valence electrons. The molecule has 3 aromatic rings. The summed E-state index contributed by atoms with van der Waals surface area (Å²) in [5, 5.41) is 11.1. The van der Waals surface area contributed by atoms with Crippen molar-refractivity contribution >= 4 is 27.6 Å². The molecule has 1 amide bonds. The summed E-state index contributed by atoms with van der Waals surface area (Å²) in [7, 11) is -6.93. The number of carbonyl (C=O) groups excluding carboxylic acids is 1. The SMILES string of the molecule is Cn1nc(OS(=O)(=O)C(F)(C(F)(F)F)C(F)(F)F)c(C(F)(F)F)c1-n1cc(-c2ccc(Cl)c(C(=O)NC3(CC#N)CC3)c2)cn1. The van der Waals surface area contributed by atoms with E-state index in [0.29, 0.717) is 24.6 Å². The van der Waals surface area contributed by atoms with Crippen molar-refractivity contribution in [1.29, 1.82) is 5.26 Å². The van der Waals surface area contributed by atoms with Crippen LogP contribution in [-0.2, 0) is 23.3 Å². The summed E-state index contributed by atoms with van der Waals surface area (Å²) in [6, 6.07) is 5.76. The van der Waals surface area contributed by atoms with E-state index >= 15 is 0 Å². The van der Waals surface area contributed by atoms with Crippen molar-refractivity contribution in [2.24, 2.45) is 7.05 Å². The summed E-state index contributed by atoms with van der Waals surface area (Å²) < 4.78 is 162. The number of amides is 1. The standard InChI is InChI=1S/C23H15ClF10N6O4S/c1-39-18(15(20(25,26)27)17(38-39)44-45(42,43)21(28,22(29,30)31)23(32,33)34)40-10-12(9-36-40)11-2-3-14(24)13(8-11)16(41)37-19(4-5-19)6-7-35/h2-3,8-10H,4-6H2,1H3,(H,37,41). The lowest BCUT2D eigenvalue weighted by molar-refractivity contribution is -0.307. The number of rotatable bonds is 8. The van der Waals surface area contributed by atoms with Gasteiger partial charge < -0.3 is 9.50 Å². The van der Waals surface area contributed by atoms with Crippen LogP contribution in [0.1, 0.15) is 35.2 Å². The van der Waals surface area contributed by atoms with Crippen molar-refractivity contribution < 1.29 is 61.3 Å². The summed E-state index contributed by atoms with van der Waals surface area (Å²) in [4.78, 5) is 12.8. The third-order valence-corrected chi connectivity index (χ3v) is 8.38. The van der Waals surface area contributed by atoms with E-state index in [-0.39, 0.29) is 32.8 Å². The molecule has 1 saturated carbocycles. The van der Waals surface area contributed by atoms with Gasteiger partial charge in [0.2, 0.25) is 0 Å². The van der Waals surface area contributed by atoms with Gasteiger partial charge in [-0.3, -0.25) is 4.79 Å². The minimum Gasteiger partial charge on any atom is -0.356 e. The molecule has 1 aromatic carbocycles. The highest BCUT2D eigenvalue weighted by atomic mass is 35.5. The fraction of sp³-hybridized carbons (Fsp3) is 0.391. The van der Waals surface area contributed by atoms with Gasteiger partial charge in [0, 0.05) is 18.8 Å². The number of alkyl halides is 10. The van der Waals surface area contributed by atoms with E-state index in [1.807, 2.05) is 6.07 Å². The second-order valence-corrected chi connectivity index (χ2v) is 11.7. The van der Waals surface area contributed by atoms with Crippen molar-refractivity contribution in [3.05, 3.63) is 46.7 Å². The highest BCUT2D eigenvalue weighted by Crippen LogP contribution is 2.51. The largest absolute Gasteiger partial charge is 0.450 e. The molecule has 1 aliphatic rings. The molecule has 0 saturated heterocycles. The van der Waals surface area contributed by atoms with Crippen LogP contribution in [-0.4, -0.2) is 56.8 Å². The van der Waals surface area contributed by atoms with E-state index in [1.54, 1.807) is 0 Å². The molecule has 0 spiro atoms. The highest BCUT2D eigenvalue weighted by Gasteiger charge is 2.82. The number of aryl methyl sites for hydroxylation is 1. The third-order valence-electron chi connectivity index (χ3n) is 6.52. The Labute approximate surface area is 250 Å². The van der Waals surface area contributed by atoms with Crippen LogP contribution in [0.2, 0.25) is 5.02 Å². The first-order valence-electron chi connectivity index (χ1n) is 11.9. The number of benzene rings is 1. The summed E-state index contributed by atoms with van der Waals surface area (Å²) in [5.41, 5.74) is -3.03. The van der Waals surface area contributed by atoms with E-state index < -0.39 is 62.4 Å². The number of hydrogen-bond donors (Lipinski definition) is 1. The number of halogens is 11. The summed E-state index contributed by atoms with van der Waals surface area (Å²) in [6.07, 6.45) is -17.3. The van der Waals surface area contributed by atoms with Gasteiger partial charge in [-0.1, -0.05) is 17.7 Å². The normalized spacial score (nSPS) is 15.4. The predicted octanol–water partition coefficient (Wildman–Crippen LogP) is 5.62. The molecule has 1 N–H and O–H groups in total.